The van der Waals surface area contributed by atoms with Crippen molar-refractivity contribution in [3.63, 3.8) is 0 Å². The molecule has 1 heterocycles. The van der Waals surface area contributed by atoms with Gasteiger partial charge in [-0.3, -0.25) is 0 Å². The SMILES string of the molecule is CCCCCCCCS(=O)(=O)c1cc(-c2ccc(C(C)(C)C)cc2)sc1-c1ccc(C(C)(C)C)cc1. The lowest BCUT2D eigenvalue weighted by Crippen LogP contribution is -2.10. The molecule has 0 spiro atoms. The molecule has 0 bridgehead atoms. The van der Waals surface area contributed by atoms with Crippen molar-refractivity contribution in [1.29, 1.82) is 0 Å². The van der Waals surface area contributed by atoms with Gasteiger partial charge in [-0.05, 0) is 45.6 Å². The Morgan fingerprint density at radius 1 is 0.667 bits per heavy atom. The summed E-state index contributed by atoms with van der Waals surface area (Å²) in [6.07, 6.45) is 6.42. The van der Waals surface area contributed by atoms with Crippen molar-refractivity contribution >= 4 is 21.2 Å². The molecule has 0 saturated carbocycles. The summed E-state index contributed by atoms with van der Waals surface area (Å²) in [6, 6.07) is 18.9. The second-order valence-electron chi connectivity index (χ2n) is 12.0. The van der Waals surface area contributed by atoms with Crippen molar-refractivity contribution < 1.29 is 8.42 Å². The highest BCUT2D eigenvalue weighted by atomic mass is 32.2. The fraction of sp³-hybridized carbons (Fsp3) is 0.500. The topological polar surface area (TPSA) is 34.1 Å². The van der Waals surface area contributed by atoms with Gasteiger partial charge < -0.3 is 0 Å². The summed E-state index contributed by atoms with van der Waals surface area (Å²) >= 11 is 1.59. The van der Waals surface area contributed by atoms with Gasteiger partial charge in [-0.2, -0.15) is 0 Å². The highest BCUT2D eigenvalue weighted by Gasteiger charge is 2.24. The average molecular weight is 525 g/mol. The molecule has 0 aliphatic heterocycles. The molecular formula is C32H44O2S2. The molecular weight excluding hydrogens is 480 g/mol. The molecule has 0 radical (unpaired) electrons. The monoisotopic (exact) mass is 524 g/mol. The van der Waals surface area contributed by atoms with Crippen LogP contribution in [-0.4, -0.2) is 14.2 Å². The summed E-state index contributed by atoms with van der Waals surface area (Å²) in [7, 11) is -3.38. The van der Waals surface area contributed by atoms with Crippen LogP contribution in [-0.2, 0) is 20.7 Å². The molecule has 196 valence electrons. The number of benzene rings is 2. The van der Waals surface area contributed by atoms with Crippen molar-refractivity contribution in [2.24, 2.45) is 0 Å². The number of unbranched alkanes of at least 4 members (excludes halogenated alkanes) is 5. The van der Waals surface area contributed by atoms with Crippen molar-refractivity contribution in [3.8, 4) is 20.9 Å². The summed E-state index contributed by atoms with van der Waals surface area (Å²) in [5.74, 6) is 0.214. The second kappa shape index (κ2) is 11.6. The van der Waals surface area contributed by atoms with Crippen molar-refractivity contribution in [2.75, 3.05) is 5.75 Å². The minimum absolute atomic E-state index is 0.0562. The number of rotatable bonds is 10. The molecule has 0 unspecified atom stereocenters. The Kier molecular flexibility index (Phi) is 9.27. The zero-order chi connectivity index (χ0) is 26.6. The summed E-state index contributed by atoms with van der Waals surface area (Å²) in [4.78, 5) is 2.35. The van der Waals surface area contributed by atoms with E-state index in [9.17, 15) is 8.42 Å². The maximum Gasteiger partial charge on any atom is 0.179 e. The maximum absolute atomic E-state index is 13.6. The van der Waals surface area contributed by atoms with Crippen LogP contribution >= 0.6 is 11.3 Å². The molecule has 2 aromatic carbocycles. The van der Waals surface area contributed by atoms with Gasteiger partial charge in [0.2, 0.25) is 0 Å². The first-order chi connectivity index (χ1) is 16.8. The van der Waals surface area contributed by atoms with E-state index in [1.165, 1.54) is 30.4 Å². The predicted octanol–water partition coefficient (Wildman–Crippen LogP) is 9.81. The molecule has 1 aromatic heterocycles. The van der Waals surface area contributed by atoms with E-state index in [-0.39, 0.29) is 16.6 Å². The van der Waals surface area contributed by atoms with Gasteiger partial charge in [-0.15, -0.1) is 11.3 Å². The molecule has 36 heavy (non-hydrogen) atoms. The molecule has 0 N–H and O–H groups in total. The summed E-state index contributed by atoms with van der Waals surface area (Å²) in [5.41, 5.74) is 4.71. The van der Waals surface area contributed by atoms with Gasteiger partial charge >= 0.3 is 0 Å². The molecule has 4 heteroatoms. The lowest BCUT2D eigenvalue weighted by Gasteiger charge is -2.19. The summed E-state index contributed by atoms with van der Waals surface area (Å²) in [6.45, 7) is 15.4. The fourth-order valence-electron chi connectivity index (χ4n) is 4.39. The zero-order valence-electron chi connectivity index (χ0n) is 23.3. The second-order valence-corrected chi connectivity index (χ2v) is 15.2. The number of sulfone groups is 1. The average Bonchev–Trinajstić information content (AvgIpc) is 3.27. The van der Waals surface area contributed by atoms with Crippen LogP contribution in [0.1, 0.15) is 98.1 Å². The van der Waals surface area contributed by atoms with Gasteiger partial charge in [0.05, 0.1) is 15.5 Å². The van der Waals surface area contributed by atoms with E-state index in [0.29, 0.717) is 4.90 Å². The van der Waals surface area contributed by atoms with E-state index in [1.807, 2.05) is 6.07 Å². The molecule has 3 rings (SSSR count). The van der Waals surface area contributed by atoms with Gasteiger partial charge in [-0.1, -0.05) is 129 Å². The third-order valence-electron chi connectivity index (χ3n) is 6.85. The minimum Gasteiger partial charge on any atom is -0.224 e. The van der Waals surface area contributed by atoms with E-state index in [2.05, 4.69) is 97.0 Å². The third-order valence-corrected chi connectivity index (χ3v) is 10.0. The van der Waals surface area contributed by atoms with Gasteiger partial charge in [-0.25, -0.2) is 8.42 Å². The first kappa shape index (κ1) is 28.7. The van der Waals surface area contributed by atoms with E-state index < -0.39 is 9.84 Å². The van der Waals surface area contributed by atoms with Crippen LogP contribution in [0.25, 0.3) is 20.9 Å². The maximum atomic E-state index is 13.6. The molecule has 3 aromatic rings. The Morgan fingerprint density at radius 2 is 1.14 bits per heavy atom. The van der Waals surface area contributed by atoms with Crippen LogP contribution in [0.2, 0.25) is 0 Å². The summed E-state index contributed by atoms with van der Waals surface area (Å²) < 4.78 is 27.2. The quantitative estimate of drug-likeness (QED) is 0.247. The molecule has 0 amide bonds. The van der Waals surface area contributed by atoms with Crippen LogP contribution in [0, 0.1) is 0 Å². The van der Waals surface area contributed by atoms with E-state index in [4.69, 9.17) is 0 Å². The smallest absolute Gasteiger partial charge is 0.179 e. The van der Waals surface area contributed by atoms with Crippen LogP contribution in [0.15, 0.2) is 59.5 Å². The number of hydrogen-bond acceptors (Lipinski definition) is 3. The Balaban J connectivity index is 1.97. The molecule has 0 aliphatic rings. The number of hydrogen-bond donors (Lipinski definition) is 0. The first-order valence-corrected chi connectivity index (χ1v) is 15.9. The van der Waals surface area contributed by atoms with Crippen LogP contribution in [0.3, 0.4) is 0 Å². The van der Waals surface area contributed by atoms with Crippen molar-refractivity contribution in [3.05, 3.63) is 65.7 Å². The predicted molar refractivity (Wildman–Crippen MR) is 158 cm³/mol. The van der Waals surface area contributed by atoms with Crippen LogP contribution in [0.4, 0.5) is 0 Å². The van der Waals surface area contributed by atoms with Gasteiger partial charge in [0.1, 0.15) is 0 Å². The Hall–Kier alpha value is -1.91. The lowest BCUT2D eigenvalue weighted by atomic mass is 9.86. The minimum atomic E-state index is -3.38. The third kappa shape index (κ3) is 7.32. The van der Waals surface area contributed by atoms with E-state index in [0.717, 1.165) is 40.1 Å². The normalized spacial score (nSPS) is 12.8. The Morgan fingerprint density at radius 3 is 1.64 bits per heavy atom. The highest BCUT2D eigenvalue weighted by molar-refractivity contribution is 7.91. The molecule has 0 saturated heterocycles. The molecule has 0 aliphatic carbocycles. The molecule has 2 nitrogen and oxygen atoms in total. The Labute approximate surface area is 224 Å². The molecule has 0 fully saturated rings. The van der Waals surface area contributed by atoms with Crippen LogP contribution < -0.4 is 0 Å². The Bertz CT molecular complexity index is 1220. The van der Waals surface area contributed by atoms with Crippen LogP contribution in [0.5, 0.6) is 0 Å². The first-order valence-electron chi connectivity index (χ1n) is 13.4. The van der Waals surface area contributed by atoms with Crippen molar-refractivity contribution in [2.45, 2.75) is 103 Å². The largest absolute Gasteiger partial charge is 0.224 e. The standard InChI is InChI=1S/C32H44O2S2/c1-8-9-10-11-12-13-22-36(33,34)29-23-28(24-14-18-26(19-15-24)31(2,3)4)35-30(29)25-16-20-27(21-17-25)32(5,6)7/h14-21,23H,8-13,22H2,1-7H3. The van der Waals surface area contributed by atoms with E-state index in [1.54, 1.807) is 11.3 Å². The highest BCUT2D eigenvalue weighted by Crippen LogP contribution is 2.42. The molecule has 0 atom stereocenters. The van der Waals surface area contributed by atoms with Gasteiger partial charge in [0.25, 0.3) is 0 Å². The van der Waals surface area contributed by atoms with Gasteiger partial charge in [0, 0.05) is 4.88 Å². The number of thiophene rings is 1. The lowest BCUT2D eigenvalue weighted by molar-refractivity contribution is 0.584. The van der Waals surface area contributed by atoms with E-state index >= 15 is 0 Å². The van der Waals surface area contributed by atoms with Crippen molar-refractivity contribution in [1.82, 2.24) is 0 Å². The fourth-order valence-corrected chi connectivity index (χ4v) is 7.53. The summed E-state index contributed by atoms with van der Waals surface area (Å²) in [5, 5.41) is 0. The van der Waals surface area contributed by atoms with Gasteiger partial charge in [0.15, 0.2) is 9.84 Å². The zero-order valence-corrected chi connectivity index (χ0v) is 24.9.